The second kappa shape index (κ2) is 10.5. The minimum Gasteiger partial charge on any atom is -0.494 e. The molecule has 158 valence electrons. The number of nitrogens with one attached hydrogen (secondary N) is 1. The van der Waals surface area contributed by atoms with Crippen LogP contribution in [-0.2, 0) is 14.8 Å². The molecule has 1 N–H and O–H groups in total. The zero-order valence-electron chi connectivity index (χ0n) is 17.2. The van der Waals surface area contributed by atoms with Crippen molar-refractivity contribution >= 4 is 39.1 Å². The number of hydrogen-bond donors (Lipinski definition) is 1. The normalized spacial score (nSPS) is 12.3. The highest BCUT2D eigenvalue weighted by Gasteiger charge is 2.31. The molecule has 1 atom stereocenters. The average molecular weight is 437 g/mol. The van der Waals surface area contributed by atoms with Gasteiger partial charge in [0.15, 0.2) is 0 Å². The molecule has 0 bridgehead atoms. The number of carbonyl (C=O) groups is 1. The van der Waals surface area contributed by atoms with Gasteiger partial charge in [0, 0.05) is 4.90 Å². The summed E-state index contributed by atoms with van der Waals surface area (Å²) in [5, 5.41) is 2.91. The third-order valence-corrected chi connectivity index (χ3v) is 6.31. The lowest BCUT2D eigenvalue weighted by atomic mass is 10.1. The first-order valence-electron chi connectivity index (χ1n) is 9.56. The van der Waals surface area contributed by atoms with Gasteiger partial charge in [-0.3, -0.25) is 9.10 Å². The van der Waals surface area contributed by atoms with Gasteiger partial charge in [0.25, 0.3) is 0 Å². The number of anilines is 2. The number of ether oxygens (including phenoxy) is 1. The van der Waals surface area contributed by atoms with Crippen molar-refractivity contribution in [2.45, 2.75) is 38.1 Å². The van der Waals surface area contributed by atoms with Crippen LogP contribution in [0.3, 0.4) is 0 Å². The maximum absolute atomic E-state index is 13.1. The molecule has 29 heavy (non-hydrogen) atoms. The minimum absolute atomic E-state index is 0.329. The molecule has 0 aliphatic carbocycles. The summed E-state index contributed by atoms with van der Waals surface area (Å²) >= 11 is 1.62. The van der Waals surface area contributed by atoms with Crippen molar-refractivity contribution in [2.75, 3.05) is 28.2 Å². The molecular formula is C21H28N2O4S2. The zero-order valence-corrected chi connectivity index (χ0v) is 18.8. The van der Waals surface area contributed by atoms with E-state index in [4.69, 9.17) is 4.74 Å². The summed E-state index contributed by atoms with van der Waals surface area (Å²) in [6, 6.07) is 13.4. The Morgan fingerprint density at radius 3 is 2.31 bits per heavy atom. The fourth-order valence-corrected chi connectivity index (χ4v) is 4.96. The molecule has 0 aromatic heterocycles. The van der Waals surface area contributed by atoms with Crippen LogP contribution in [0.5, 0.6) is 5.75 Å². The van der Waals surface area contributed by atoms with Gasteiger partial charge in [-0.15, -0.1) is 11.8 Å². The molecule has 2 aromatic rings. The Balaban J connectivity index is 2.35. The first-order chi connectivity index (χ1) is 13.8. The van der Waals surface area contributed by atoms with Crippen LogP contribution in [-0.4, -0.2) is 39.0 Å². The molecule has 0 heterocycles. The van der Waals surface area contributed by atoms with Crippen molar-refractivity contribution < 1.29 is 17.9 Å². The largest absolute Gasteiger partial charge is 0.494 e. The van der Waals surface area contributed by atoms with Crippen molar-refractivity contribution in [1.82, 2.24) is 0 Å². The van der Waals surface area contributed by atoms with Crippen LogP contribution in [0.4, 0.5) is 11.4 Å². The van der Waals surface area contributed by atoms with Crippen LogP contribution in [0, 0.1) is 0 Å². The van der Waals surface area contributed by atoms with Crippen LogP contribution in [0.15, 0.2) is 53.4 Å². The Hall–Kier alpha value is -2.19. The van der Waals surface area contributed by atoms with Gasteiger partial charge >= 0.3 is 0 Å². The van der Waals surface area contributed by atoms with Gasteiger partial charge in [-0.25, -0.2) is 8.42 Å². The average Bonchev–Trinajstić information content (AvgIpc) is 2.68. The Labute approximate surface area is 177 Å². The molecule has 1 unspecified atom stereocenters. The van der Waals surface area contributed by atoms with Gasteiger partial charge < -0.3 is 10.1 Å². The molecule has 2 rings (SSSR count). The first-order valence-corrected chi connectivity index (χ1v) is 12.4. The zero-order chi connectivity index (χ0) is 21.4. The van der Waals surface area contributed by atoms with Gasteiger partial charge in [0.1, 0.15) is 11.8 Å². The number of hydrogen-bond acceptors (Lipinski definition) is 5. The summed E-state index contributed by atoms with van der Waals surface area (Å²) in [6.45, 7) is 6.23. The van der Waals surface area contributed by atoms with E-state index >= 15 is 0 Å². The number of benzene rings is 2. The molecule has 0 radical (unpaired) electrons. The fraction of sp³-hybridized carbons (Fsp3) is 0.381. The second-order valence-corrected chi connectivity index (χ2v) is 9.49. The van der Waals surface area contributed by atoms with Gasteiger partial charge in [-0.05, 0) is 55.5 Å². The maximum atomic E-state index is 13.1. The summed E-state index contributed by atoms with van der Waals surface area (Å²) < 4.78 is 31.8. The van der Waals surface area contributed by atoms with Crippen molar-refractivity contribution in [3.63, 3.8) is 0 Å². The molecule has 8 heteroatoms. The number of amides is 1. The number of nitrogens with zero attached hydrogens (tertiary/aromatic N) is 1. The predicted molar refractivity (Wildman–Crippen MR) is 120 cm³/mol. The van der Waals surface area contributed by atoms with E-state index in [2.05, 4.69) is 5.32 Å². The Kier molecular flexibility index (Phi) is 8.40. The van der Waals surface area contributed by atoms with E-state index in [9.17, 15) is 13.2 Å². The van der Waals surface area contributed by atoms with Crippen LogP contribution < -0.4 is 14.4 Å². The highest BCUT2D eigenvalue weighted by Crippen LogP contribution is 2.29. The topological polar surface area (TPSA) is 75.7 Å². The summed E-state index contributed by atoms with van der Waals surface area (Å²) in [6.07, 6.45) is 1.44. The first kappa shape index (κ1) is 23.1. The predicted octanol–water partition coefficient (Wildman–Crippen LogP) is 4.38. The van der Waals surface area contributed by atoms with E-state index in [1.54, 1.807) is 43.0 Å². The van der Waals surface area contributed by atoms with E-state index in [-0.39, 0.29) is 5.91 Å². The van der Waals surface area contributed by atoms with Crippen molar-refractivity contribution in [3.8, 4) is 5.75 Å². The highest BCUT2D eigenvalue weighted by atomic mass is 32.2. The third kappa shape index (κ3) is 6.14. The number of thioether (sulfide) groups is 1. The fourth-order valence-electron chi connectivity index (χ4n) is 2.98. The molecule has 0 fully saturated rings. The molecule has 0 saturated carbocycles. The smallest absolute Gasteiger partial charge is 0.248 e. The lowest BCUT2D eigenvalue weighted by Crippen LogP contribution is -2.47. The Bertz CT molecular complexity index is 915. The van der Waals surface area contributed by atoms with Crippen molar-refractivity contribution in [1.29, 1.82) is 0 Å². The SMILES string of the molecule is CCOc1ccc(N(C(CC)C(=O)Nc2ccccc2SCC)S(C)(=O)=O)cc1. The summed E-state index contributed by atoms with van der Waals surface area (Å²) in [5.74, 6) is 1.15. The molecule has 0 aliphatic heterocycles. The maximum Gasteiger partial charge on any atom is 0.248 e. The van der Waals surface area contributed by atoms with Gasteiger partial charge in [0.05, 0.1) is 24.2 Å². The van der Waals surface area contributed by atoms with E-state index in [1.165, 1.54) is 4.31 Å². The lowest BCUT2D eigenvalue weighted by molar-refractivity contribution is -0.117. The van der Waals surface area contributed by atoms with Gasteiger partial charge in [0.2, 0.25) is 15.9 Å². The number of sulfonamides is 1. The van der Waals surface area contributed by atoms with E-state index in [0.29, 0.717) is 30.2 Å². The van der Waals surface area contributed by atoms with Crippen LogP contribution in [0.25, 0.3) is 0 Å². The standard InChI is InChI=1S/C21H28N2O4S2/c1-5-19(21(24)22-18-10-8-9-11-20(18)28-7-3)23(29(4,25)26)16-12-14-17(15-13-16)27-6-2/h8-15,19H,5-7H2,1-4H3,(H,22,24). The van der Waals surface area contributed by atoms with Crippen LogP contribution in [0.2, 0.25) is 0 Å². The monoisotopic (exact) mass is 436 g/mol. The molecule has 1 amide bonds. The van der Waals surface area contributed by atoms with E-state index in [0.717, 1.165) is 16.9 Å². The van der Waals surface area contributed by atoms with Crippen molar-refractivity contribution in [3.05, 3.63) is 48.5 Å². The quantitative estimate of drug-likeness (QED) is 0.560. The minimum atomic E-state index is -3.69. The number of carbonyl (C=O) groups excluding carboxylic acids is 1. The van der Waals surface area contributed by atoms with E-state index in [1.807, 2.05) is 38.1 Å². The van der Waals surface area contributed by atoms with E-state index < -0.39 is 16.1 Å². The Morgan fingerprint density at radius 1 is 1.10 bits per heavy atom. The van der Waals surface area contributed by atoms with Crippen LogP contribution >= 0.6 is 11.8 Å². The number of para-hydroxylation sites is 1. The third-order valence-electron chi connectivity index (χ3n) is 4.18. The van der Waals surface area contributed by atoms with Gasteiger partial charge in [-0.1, -0.05) is 26.0 Å². The molecule has 0 aliphatic rings. The summed E-state index contributed by atoms with van der Waals surface area (Å²) in [5.41, 5.74) is 1.11. The molecular weight excluding hydrogens is 408 g/mol. The lowest BCUT2D eigenvalue weighted by Gasteiger charge is -2.30. The molecule has 0 spiro atoms. The molecule has 2 aromatic carbocycles. The summed E-state index contributed by atoms with van der Waals surface area (Å²) in [4.78, 5) is 14.0. The highest BCUT2D eigenvalue weighted by molar-refractivity contribution is 7.99. The second-order valence-electron chi connectivity index (χ2n) is 6.33. The molecule has 0 saturated heterocycles. The van der Waals surface area contributed by atoms with Gasteiger partial charge in [-0.2, -0.15) is 0 Å². The van der Waals surface area contributed by atoms with Crippen LogP contribution in [0.1, 0.15) is 27.2 Å². The number of rotatable bonds is 10. The Morgan fingerprint density at radius 2 is 1.76 bits per heavy atom. The van der Waals surface area contributed by atoms with Crippen molar-refractivity contribution in [2.24, 2.45) is 0 Å². The summed E-state index contributed by atoms with van der Waals surface area (Å²) in [7, 11) is -3.69. The molecule has 6 nitrogen and oxygen atoms in total.